The van der Waals surface area contributed by atoms with Crippen molar-refractivity contribution in [2.24, 2.45) is 0 Å². The molecule has 1 aromatic rings. The summed E-state index contributed by atoms with van der Waals surface area (Å²) in [6.45, 7) is 2.12. The highest BCUT2D eigenvalue weighted by Gasteiger charge is 2.11. The fourth-order valence-corrected chi connectivity index (χ4v) is 0.907. The lowest BCUT2D eigenvalue weighted by atomic mass is 10.3. The van der Waals surface area contributed by atoms with Crippen LogP contribution in [-0.2, 0) is 0 Å². The first-order chi connectivity index (χ1) is 6.72. The van der Waals surface area contributed by atoms with Gasteiger partial charge in [-0.3, -0.25) is 14.6 Å². The Bertz CT molecular complexity index is 385. The van der Waals surface area contributed by atoms with Gasteiger partial charge in [-0.05, 0) is 6.92 Å². The molecule has 0 bridgehead atoms. The molecule has 0 saturated carbocycles. The number of nitrogens with one attached hydrogen (secondary N) is 1. The molecule has 76 valence electrons. The number of nitrogens with zero attached hydrogens (tertiary/aromatic N) is 1. The van der Waals surface area contributed by atoms with Crippen LogP contribution in [0.3, 0.4) is 0 Å². The van der Waals surface area contributed by atoms with Gasteiger partial charge >= 0.3 is 0 Å². The molecule has 1 aromatic heterocycles. The first kappa shape index (κ1) is 10.2. The zero-order chi connectivity index (χ0) is 10.6. The summed E-state index contributed by atoms with van der Waals surface area (Å²) in [5.74, 6) is -0.0350. The van der Waals surface area contributed by atoms with E-state index in [2.05, 4.69) is 9.97 Å². The number of carbonyl (C=O) groups excluding carboxylic acids is 1. The van der Waals surface area contributed by atoms with Crippen molar-refractivity contribution in [2.75, 3.05) is 13.7 Å². The predicted octanol–water partition coefficient (Wildman–Crippen LogP) is -0.0103. The van der Waals surface area contributed by atoms with E-state index >= 15 is 0 Å². The Morgan fingerprint density at radius 3 is 2.79 bits per heavy atom. The lowest BCUT2D eigenvalue weighted by molar-refractivity contribution is 0.111. The Balaban J connectivity index is 3.24. The lowest BCUT2D eigenvalue weighted by Gasteiger charge is -2.04. The molecule has 0 aliphatic rings. The van der Waals surface area contributed by atoms with Crippen molar-refractivity contribution >= 4 is 6.29 Å². The van der Waals surface area contributed by atoms with Gasteiger partial charge in [-0.2, -0.15) is 4.98 Å². The summed E-state index contributed by atoms with van der Waals surface area (Å²) in [5, 5.41) is 0. The van der Waals surface area contributed by atoms with E-state index in [0.717, 1.165) is 0 Å². The molecule has 0 amide bonds. The number of H-pyrrole nitrogens is 1. The summed E-state index contributed by atoms with van der Waals surface area (Å²) in [4.78, 5) is 27.8. The topological polar surface area (TPSA) is 81.3 Å². The summed E-state index contributed by atoms with van der Waals surface area (Å²) in [7, 11) is 1.32. The summed E-state index contributed by atoms with van der Waals surface area (Å²) >= 11 is 0. The van der Waals surface area contributed by atoms with Crippen LogP contribution in [0.25, 0.3) is 0 Å². The van der Waals surface area contributed by atoms with Crippen LogP contribution in [0.15, 0.2) is 4.79 Å². The number of aldehydes is 1. The van der Waals surface area contributed by atoms with Crippen LogP contribution >= 0.6 is 0 Å². The Hall–Kier alpha value is -1.85. The van der Waals surface area contributed by atoms with Crippen LogP contribution in [0.1, 0.15) is 17.3 Å². The Labute approximate surface area is 79.9 Å². The van der Waals surface area contributed by atoms with Gasteiger partial charge in [0, 0.05) is 0 Å². The second kappa shape index (κ2) is 4.40. The molecule has 0 aliphatic heterocycles. The molecule has 0 aromatic carbocycles. The predicted molar refractivity (Wildman–Crippen MR) is 48.0 cm³/mol. The van der Waals surface area contributed by atoms with Gasteiger partial charge in [0.05, 0.1) is 13.7 Å². The Morgan fingerprint density at radius 1 is 1.57 bits per heavy atom. The zero-order valence-corrected chi connectivity index (χ0v) is 7.86. The highest BCUT2D eigenvalue weighted by molar-refractivity contribution is 5.77. The molecule has 0 radical (unpaired) electrons. The third-order valence-electron chi connectivity index (χ3n) is 1.49. The fraction of sp³-hybridized carbons (Fsp3) is 0.375. The lowest BCUT2D eigenvalue weighted by Crippen LogP contribution is -2.16. The Morgan fingerprint density at radius 2 is 2.29 bits per heavy atom. The molecular weight excluding hydrogens is 188 g/mol. The van der Waals surface area contributed by atoms with Crippen LogP contribution in [0.5, 0.6) is 11.9 Å². The normalized spacial score (nSPS) is 9.57. The first-order valence-electron chi connectivity index (χ1n) is 3.99. The van der Waals surface area contributed by atoms with Gasteiger partial charge in [-0.1, -0.05) is 0 Å². The van der Waals surface area contributed by atoms with Crippen molar-refractivity contribution in [2.45, 2.75) is 6.92 Å². The molecule has 14 heavy (non-hydrogen) atoms. The summed E-state index contributed by atoms with van der Waals surface area (Å²) in [6.07, 6.45) is 0.389. The van der Waals surface area contributed by atoms with Gasteiger partial charge in [0.25, 0.3) is 11.6 Å². The summed E-state index contributed by atoms with van der Waals surface area (Å²) < 4.78 is 9.73. The number of hydrogen-bond acceptors (Lipinski definition) is 5. The van der Waals surface area contributed by atoms with Crippen LogP contribution < -0.4 is 15.0 Å². The molecule has 1 heterocycles. The number of ether oxygens (including phenoxy) is 2. The molecule has 0 spiro atoms. The molecule has 6 heteroatoms. The van der Waals surface area contributed by atoms with Crippen LogP contribution in [-0.4, -0.2) is 30.0 Å². The molecule has 0 saturated heterocycles. The standard InChI is InChI=1S/C8H10N2O4/c1-3-14-8-9-6(12)5(4-11)7(10-8)13-2/h4H,3H2,1-2H3,(H,9,10,12). The summed E-state index contributed by atoms with van der Waals surface area (Å²) in [5.41, 5.74) is -0.716. The smallest absolute Gasteiger partial charge is 0.299 e. The molecule has 0 aliphatic carbocycles. The van der Waals surface area contributed by atoms with Crippen molar-refractivity contribution in [1.29, 1.82) is 0 Å². The monoisotopic (exact) mass is 198 g/mol. The van der Waals surface area contributed by atoms with Gasteiger partial charge in [0.15, 0.2) is 6.29 Å². The third kappa shape index (κ3) is 1.90. The minimum absolute atomic E-state index is 0.0350. The van der Waals surface area contributed by atoms with Gasteiger partial charge in [0.1, 0.15) is 5.56 Å². The van der Waals surface area contributed by atoms with Crippen molar-refractivity contribution < 1.29 is 14.3 Å². The SMILES string of the molecule is CCOc1nc(OC)c(C=O)c(=O)[nH]1. The van der Waals surface area contributed by atoms with Crippen molar-refractivity contribution in [1.82, 2.24) is 9.97 Å². The molecular formula is C8H10N2O4. The molecule has 1 N–H and O–H groups in total. The maximum absolute atomic E-state index is 11.2. The van der Waals surface area contributed by atoms with Crippen molar-refractivity contribution in [3.05, 3.63) is 15.9 Å². The maximum Gasteiger partial charge on any atom is 0.299 e. The van der Waals surface area contributed by atoms with E-state index in [9.17, 15) is 9.59 Å². The van der Waals surface area contributed by atoms with Crippen molar-refractivity contribution in [3.63, 3.8) is 0 Å². The van der Waals surface area contributed by atoms with Gasteiger partial charge in [-0.15, -0.1) is 0 Å². The molecule has 1 rings (SSSR count). The summed E-state index contributed by atoms with van der Waals surface area (Å²) in [6, 6.07) is 0.0416. The van der Waals surface area contributed by atoms with E-state index < -0.39 is 5.56 Å². The molecule has 0 atom stereocenters. The van der Waals surface area contributed by atoms with Crippen LogP contribution in [0.2, 0.25) is 0 Å². The second-order valence-electron chi connectivity index (χ2n) is 2.34. The Kier molecular flexibility index (Phi) is 3.22. The second-order valence-corrected chi connectivity index (χ2v) is 2.34. The van der Waals surface area contributed by atoms with Crippen molar-refractivity contribution in [3.8, 4) is 11.9 Å². The average Bonchev–Trinajstić information content (AvgIpc) is 2.17. The van der Waals surface area contributed by atoms with Crippen LogP contribution in [0.4, 0.5) is 0 Å². The minimum Gasteiger partial charge on any atom is -0.480 e. The number of rotatable bonds is 4. The average molecular weight is 198 g/mol. The number of hydrogen-bond donors (Lipinski definition) is 1. The van der Waals surface area contributed by atoms with E-state index in [1.807, 2.05) is 0 Å². The van der Waals surface area contributed by atoms with Gasteiger partial charge in [-0.25, -0.2) is 0 Å². The van der Waals surface area contributed by atoms with E-state index in [4.69, 9.17) is 9.47 Å². The first-order valence-corrected chi connectivity index (χ1v) is 3.99. The highest BCUT2D eigenvalue weighted by Crippen LogP contribution is 2.11. The van der Waals surface area contributed by atoms with Gasteiger partial charge in [0.2, 0.25) is 5.88 Å². The van der Waals surface area contributed by atoms with E-state index in [1.54, 1.807) is 6.92 Å². The molecule has 6 nitrogen and oxygen atoms in total. The van der Waals surface area contributed by atoms with E-state index in [0.29, 0.717) is 12.9 Å². The number of carbonyl (C=O) groups is 1. The maximum atomic E-state index is 11.2. The van der Waals surface area contributed by atoms with E-state index in [-0.39, 0.29) is 17.5 Å². The highest BCUT2D eigenvalue weighted by atomic mass is 16.5. The van der Waals surface area contributed by atoms with E-state index in [1.165, 1.54) is 7.11 Å². The fourth-order valence-electron chi connectivity index (χ4n) is 0.907. The largest absolute Gasteiger partial charge is 0.480 e. The third-order valence-corrected chi connectivity index (χ3v) is 1.49. The molecule has 0 fully saturated rings. The van der Waals surface area contributed by atoms with Crippen LogP contribution in [0, 0.1) is 0 Å². The number of methoxy groups -OCH3 is 1. The van der Waals surface area contributed by atoms with Gasteiger partial charge < -0.3 is 9.47 Å². The molecule has 0 unspecified atom stereocenters. The number of aromatic nitrogens is 2. The zero-order valence-electron chi connectivity index (χ0n) is 7.86. The minimum atomic E-state index is -0.574. The number of aromatic amines is 1. The quantitative estimate of drug-likeness (QED) is 0.688.